The lowest BCUT2D eigenvalue weighted by Gasteiger charge is -2.20. The van der Waals surface area contributed by atoms with Crippen LogP contribution < -0.4 is 16.2 Å². The number of hydrogen-bond donors (Lipinski definition) is 3. The Morgan fingerprint density at radius 1 is 1.20 bits per heavy atom. The fraction of sp³-hybridized carbons (Fsp3) is 0.250. The van der Waals surface area contributed by atoms with Crippen LogP contribution in [0, 0.1) is 0 Å². The molecular weight excluding hydrogens is 324 g/mol. The molecule has 1 aromatic carbocycles. The fourth-order valence-electron chi connectivity index (χ4n) is 1.93. The van der Waals surface area contributed by atoms with Crippen LogP contribution in [0.2, 0.25) is 0 Å². The number of anilines is 2. The van der Waals surface area contributed by atoms with Crippen LogP contribution in [0.3, 0.4) is 0 Å². The van der Waals surface area contributed by atoms with Crippen molar-refractivity contribution in [2.45, 2.75) is 6.04 Å². The number of hydrogen-bond acceptors (Lipinski definition) is 9. The molecule has 0 aliphatic heterocycles. The Morgan fingerprint density at radius 2 is 1.88 bits per heavy atom. The summed E-state index contributed by atoms with van der Waals surface area (Å²) in [5, 5.41) is 17.4. The third-order valence-electron chi connectivity index (χ3n) is 3.33. The summed E-state index contributed by atoms with van der Waals surface area (Å²) in [6.45, 7) is -0.358. The van der Waals surface area contributed by atoms with E-state index in [1.54, 1.807) is 55.4 Å². The highest BCUT2D eigenvalue weighted by molar-refractivity contribution is 5.79. The first-order chi connectivity index (χ1) is 11.9. The number of aliphatic hydroxyl groups excluding tert-OH is 1. The Hall–Kier alpha value is -3.04. The predicted octanol–water partition coefficient (Wildman–Crippen LogP) is 1.49. The number of nitrogens with two attached hydrogens (primary N) is 2. The SMILES string of the molecule is CN(C)[C@@H](CO)C(=O)Oc1ccccc1N=Nc1ccc(N)nc1N. The number of likely N-dealkylation sites (N-methyl/N-ethyl adjacent to an activating group) is 1. The molecule has 0 bridgehead atoms. The number of pyridine rings is 1. The van der Waals surface area contributed by atoms with Crippen LogP contribution in [-0.2, 0) is 4.79 Å². The molecule has 2 aromatic rings. The first-order valence-electron chi connectivity index (χ1n) is 7.44. The average Bonchev–Trinajstić information content (AvgIpc) is 2.55. The van der Waals surface area contributed by atoms with Crippen LogP contribution >= 0.6 is 0 Å². The van der Waals surface area contributed by atoms with Gasteiger partial charge in [0.2, 0.25) is 0 Å². The van der Waals surface area contributed by atoms with E-state index in [2.05, 4.69) is 15.2 Å². The molecule has 0 fully saturated rings. The van der Waals surface area contributed by atoms with Gasteiger partial charge in [0.05, 0.1) is 6.61 Å². The van der Waals surface area contributed by atoms with Gasteiger partial charge in [0, 0.05) is 0 Å². The molecule has 0 unspecified atom stereocenters. The number of azo groups is 1. The van der Waals surface area contributed by atoms with Crippen LogP contribution in [-0.4, -0.2) is 47.7 Å². The monoisotopic (exact) mass is 344 g/mol. The van der Waals surface area contributed by atoms with Crippen LogP contribution in [0.4, 0.5) is 23.0 Å². The topological polar surface area (TPSA) is 139 Å². The Labute approximate surface area is 144 Å². The smallest absolute Gasteiger partial charge is 0.331 e. The lowest BCUT2D eigenvalue weighted by Crippen LogP contribution is -2.41. The molecule has 0 aliphatic rings. The predicted molar refractivity (Wildman–Crippen MR) is 93.9 cm³/mol. The largest absolute Gasteiger partial charge is 0.423 e. The van der Waals surface area contributed by atoms with Crippen molar-refractivity contribution in [2.75, 3.05) is 32.2 Å². The molecule has 1 heterocycles. The summed E-state index contributed by atoms with van der Waals surface area (Å²) in [6, 6.07) is 9.01. The van der Waals surface area contributed by atoms with E-state index in [0.717, 1.165) is 0 Å². The third-order valence-corrected chi connectivity index (χ3v) is 3.33. The van der Waals surface area contributed by atoms with Crippen molar-refractivity contribution in [3.63, 3.8) is 0 Å². The maximum Gasteiger partial charge on any atom is 0.331 e. The number of benzene rings is 1. The zero-order valence-corrected chi connectivity index (χ0v) is 14.0. The number of ether oxygens (including phenoxy) is 1. The lowest BCUT2D eigenvalue weighted by atomic mass is 10.2. The molecule has 132 valence electrons. The maximum atomic E-state index is 12.2. The first kappa shape index (κ1) is 18.3. The van der Waals surface area contributed by atoms with Crippen molar-refractivity contribution in [3.8, 4) is 5.75 Å². The Morgan fingerprint density at radius 3 is 2.52 bits per heavy atom. The molecule has 0 amide bonds. The van der Waals surface area contributed by atoms with Crippen molar-refractivity contribution in [3.05, 3.63) is 36.4 Å². The molecule has 0 saturated carbocycles. The average molecular weight is 344 g/mol. The van der Waals surface area contributed by atoms with E-state index < -0.39 is 12.0 Å². The van der Waals surface area contributed by atoms with Gasteiger partial charge in [-0.25, -0.2) is 9.78 Å². The third kappa shape index (κ3) is 4.72. The number of carbonyl (C=O) groups is 1. The van der Waals surface area contributed by atoms with Crippen molar-refractivity contribution in [1.29, 1.82) is 0 Å². The quantitative estimate of drug-likeness (QED) is 0.410. The van der Waals surface area contributed by atoms with Gasteiger partial charge in [0.25, 0.3) is 0 Å². The molecule has 1 aromatic heterocycles. The van der Waals surface area contributed by atoms with E-state index >= 15 is 0 Å². The molecule has 5 N–H and O–H groups in total. The van der Waals surface area contributed by atoms with Crippen molar-refractivity contribution in [1.82, 2.24) is 9.88 Å². The number of aromatic nitrogens is 1. The normalized spacial score (nSPS) is 12.5. The Balaban J connectivity index is 2.23. The zero-order valence-electron chi connectivity index (χ0n) is 14.0. The zero-order chi connectivity index (χ0) is 18.4. The molecule has 2 rings (SSSR count). The van der Waals surface area contributed by atoms with E-state index in [1.165, 1.54) is 0 Å². The number of esters is 1. The van der Waals surface area contributed by atoms with Gasteiger partial charge in [-0.15, -0.1) is 10.2 Å². The van der Waals surface area contributed by atoms with Crippen molar-refractivity contribution in [2.24, 2.45) is 10.2 Å². The number of carbonyl (C=O) groups excluding carboxylic acids is 1. The number of nitrogens with zero attached hydrogens (tertiary/aromatic N) is 4. The first-order valence-corrected chi connectivity index (χ1v) is 7.44. The van der Waals surface area contributed by atoms with E-state index in [-0.39, 0.29) is 24.0 Å². The summed E-state index contributed by atoms with van der Waals surface area (Å²) in [5.41, 5.74) is 11.9. The number of rotatable bonds is 6. The molecule has 0 aliphatic carbocycles. The van der Waals surface area contributed by atoms with Gasteiger partial charge in [-0.1, -0.05) is 12.1 Å². The van der Waals surface area contributed by atoms with Gasteiger partial charge in [-0.2, -0.15) is 0 Å². The van der Waals surface area contributed by atoms with Crippen LogP contribution in [0.1, 0.15) is 0 Å². The van der Waals surface area contributed by atoms with Crippen molar-refractivity contribution < 1.29 is 14.6 Å². The highest BCUT2D eigenvalue weighted by Crippen LogP contribution is 2.30. The molecule has 0 radical (unpaired) electrons. The van der Waals surface area contributed by atoms with Gasteiger partial charge in [-0.3, -0.25) is 4.90 Å². The Kier molecular flexibility index (Phi) is 5.98. The molecular formula is C16H20N6O3. The van der Waals surface area contributed by atoms with Gasteiger partial charge >= 0.3 is 5.97 Å². The number of para-hydroxylation sites is 1. The minimum absolute atomic E-state index is 0.145. The minimum atomic E-state index is -0.776. The molecule has 1 atom stereocenters. The fourth-order valence-corrected chi connectivity index (χ4v) is 1.93. The summed E-state index contributed by atoms with van der Waals surface area (Å²) in [4.78, 5) is 17.6. The van der Waals surface area contributed by atoms with Gasteiger partial charge in [0.1, 0.15) is 23.2 Å². The summed E-state index contributed by atoms with van der Waals surface area (Å²) in [7, 11) is 3.34. The Bertz CT molecular complexity index is 778. The molecule has 0 saturated heterocycles. The number of nitrogen functional groups attached to an aromatic ring is 2. The standard InChI is InChI=1S/C16H20N6O3/c1-22(2)12(9-23)16(24)25-13-6-4-3-5-10(13)20-21-11-7-8-14(17)19-15(11)18/h3-8,12,23H,9H2,1-2H3,(H4,17,18,19)/t12-/m0/s1. The van der Waals surface area contributed by atoms with E-state index in [0.29, 0.717) is 11.4 Å². The maximum absolute atomic E-state index is 12.2. The lowest BCUT2D eigenvalue weighted by molar-refractivity contribution is -0.140. The summed E-state index contributed by atoms with van der Waals surface area (Å²) in [6.07, 6.45) is 0. The molecule has 9 nitrogen and oxygen atoms in total. The molecule has 0 spiro atoms. The highest BCUT2D eigenvalue weighted by Gasteiger charge is 2.22. The van der Waals surface area contributed by atoms with Gasteiger partial charge in [0.15, 0.2) is 11.6 Å². The second-order valence-corrected chi connectivity index (χ2v) is 5.39. The summed E-state index contributed by atoms with van der Waals surface area (Å²) in [5.74, 6) is 0.0537. The van der Waals surface area contributed by atoms with E-state index in [1.807, 2.05) is 0 Å². The minimum Gasteiger partial charge on any atom is -0.423 e. The second kappa shape index (κ2) is 8.18. The van der Waals surface area contributed by atoms with E-state index in [9.17, 15) is 9.90 Å². The van der Waals surface area contributed by atoms with Crippen molar-refractivity contribution >= 4 is 29.0 Å². The summed E-state index contributed by atoms with van der Waals surface area (Å²) >= 11 is 0. The van der Waals surface area contributed by atoms with Crippen LogP contribution in [0.5, 0.6) is 5.75 Å². The molecule has 25 heavy (non-hydrogen) atoms. The van der Waals surface area contributed by atoms with Crippen LogP contribution in [0.15, 0.2) is 46.6 Å². The number of aliphatic hydroxyl groups is 1. The van der Waals surface area contributed by atoms with Crippen LogP contribution in [0.25, 0.3) is 0 Å². The second-order valence-electron chi connectivity index (χ2n) is 5.39. The molecule has 9 heteroatoms. The highest BCUT2D eigenvalue weighted by atomic mass is 16.5. The van der Waals surface area contributed by atoms with Gasteiger partial charge in [-0.05, 0) is 38.4 Å². The van der Waals surface area contributed by atoms with Gasteiger partial charge < -0.3 is 21.3 Å². The van der Waals surface area contributed by atoms with E-state index in [4.69, 9.17) is 16.2 Å². The summed E-state index contributed by atoms with van der Waals surface area (Å²) < 4.78 is 5.34.